The number of hydrogen-bond donors (Lipinski definition) is 2. The second-order valence-corrected chi connectivity index (χ2v) is 6.04. The van der Waals surface area contributed by atoms with Crippen LogP contribution in [0.2, 0.25) is 0 Å². The number of aryl methyl sites for hydroxylation is 2. The monoisotopic (exact) mass is 342 g/mol. The molecule has 0 saturated heterocycles. The number of amides is 1. The molecule has 0 heterocycles. The second kappa shape index (κ2) is 9.08. The van der Waals surface area contributed by atoms with Crippen LogP contribution in [0.15, 0.2) is 36.4 Å². The molecule has 2 aromatic rings. The Labute approximate surface area is 149 Å². The molecule has 5 nitrogen and oxygen atoms in total. The van der Waals surface area contributed by atoms with Crippen LogP contribution in [0.25, 0.3) is 0 Å². The highest BCUT2D eigenvalue weighted by Crippen LogP contribution is 2.27. The normalized spacial score (nSPS) is 10.4. The van der Waals surface area contributed by atoms with Crippen molar-refractivity contribution in [3.05, 3.63) is 53.1 Å². The molecule has 0 fully saturated rings. The summed E-state index contributed by atoms with van der Waals surface area (Å²) in [4.78, 5) is 12.0. The Hall–Kier alpha value is -2.53. The number of rotatable bonds is 8. The first-order chi connectivity index (χ1) is 12.0. The second-order valence-electron chi connectivity index (χ2n) is 6.04. The van der Waals surface area contributed by atoms with Gasteiger partial charge >= 0.3 is 0 Å². The quantitative estimate of drug-likeness (QED) is 0.724. The molecule has 0 bridgehead atoms. The van der Waals surface area contributed by atoms with Crippen LogP contribution in [0.1, 0.15) is 16.7 Å². The zero-order valence-electron chi connectivity index (χ0n) is 15.3. The van der Waals surface area contributed by atoms with Gasteiger partial charge in [-0.15, -0.1) is 0 Å². The van der Waals surface area contributed by atoms with Gasteiger partial charge in [-0.05, 0) is 67.8 Å². The number of anilines is 1. The first-order valence-corrected chi connectivity index (χ1v) is 8.31. The molecule has 0 spiro atoms. The number of ether oxygens (including phenoxy) is 2. The highest BCUT2D eigenvalue weighted by molar-refractivity contribution is 5.92. The fourth-order valence-corrected chi connectivity index (χ4v) is 2.72. The van der Waals surface area contributed by atoms with Gasteiger partial charge in [0.15, 0.2) is 11.5 Å². The van der Waals surface area contributed by atoms with Gasteiger partial charge in [-0.3, -0.25) is 4.79 Å². The molecule has 0 aromatic heterocycles. The Kier molecular flexibility index (Phi) is 6.83. The standard InChI is InChI=1S/C20H26N2O3/c1-14-9-15(2)11-17(10-14)22-20(23)13-21-8-7-16-5-6-18(24-3)19(12-16)25-4/h5-6,9-12,21H,7-8,13H2,1-4H3,(H,22,23). The van der Waals surface area contributed by atoms with Gasteiger partial charge in [0.05, 0.1) is 20.8 Å². The van der Waals surface area contributed by atoms with Crippen molar-refractivity contribution < 1.29 is 14.3 Å². The van der Waals surface area contributed by atoms with Crippen LogP contribution < -0.4 is 20.1 Å². The molecule has 2 aromatic carbocycles. The van der Waals surface area contributed by atoms with Crippen LogP contribution in [0, 0.1) is 13.8 Å². The van der Waals surface area contributed by atoms with Gasteiger partial charge in [0, 0.05) is 5.69 Å². The fourth-order valence-electron chi connectivity index (χ4n) is 2.72. The minimum atomic E-state index is -0.0442. The molecule has 0 atom stereocenters. The zero-order chi connectivity index (χ0) is 18.2. The van der Waals surface area contributed by atoms with E-state index in [0.717, 1.165) is 28.8 Å². The summed E-state index contributed by atoms with van der Waals surface area (Å²) in [5, 5.41) is 6.08. The van der Waals surface area contributed by atoms with Gasteiger partial charge in [-0.25, -0.2) is 0 Å². The highest BCUT2D eigenvalue weighted by Gasteiger charge is 2.06. The Morgan fingerprint density at radius 2 is 1.64 bits per heavy atom. The summed E-state index contributed by atoms with van der Waals surface area (Å²) in [5.74, 6) is 1.39. The third-order valence-electron chi connectivity index (χ3n) is 3.83. The summed E-state index contributed by atoms with van der Waals surface area (Å²) in [5.41, 5.74) is 4.23. The van der Waals surface area contributed by atoms with Crippen molar-refractivity contribution in [1.29, 1.82) is 0 Å². The van der Waals surface area contributed by atoms with E-state index in [-0.39, 0.29) is 12.5 Å². The van der Waals surface area contributed by atoms with Gasteiger partial charge < -0.3 is 20.1 Å². The lowest BCUT2D eigenvalue weighted by molar-refractivity contribution is -0.115. The molecule has 5 heteroatoms. The van der Waals surface area contributed by atoms with Crippen molar-refractivity contribution in [3.8, 4) is 11.5 Å². The zero-order valence-corrected chi connectivity index (χ0v) is 15.3. The van der Waals surface area contributed by atoms with Crippen molar-refractivity contribution in [2.24, 2.45) is 0 Å². The van der Waals surface area contributed by atoms with E-state index in [9.17, 15) is 4.79 Å². The summed E-state index contributed by atoms with van der Waals surface area (Å²) in [6, 6.07) is 11.9. The van der Waals surface area contributed by atoms with E-state index in [2.05, 4.69) is 16.7 Å². The predicted octanol–water partition coefficient (Wildman–Crippen LogP) is 3.09. The molecule has 0 saturated carbocycles. The molecular formula is C20H26N2O3. The SMILES string of the molecule is COc1ccc(CCNCC(=O)Nc2cc(C)cc(C)c2)cc1OC. The van der Waals surface area contributed by atoms with Crippen LogP contribution in [0.5, 0.6) is 11.5 Å². The Morgan fingerprint density at radius 1 is 0.960 bits per heavy atom. The molecule has 0 aliphatic carbocycles. The average Bonchev–Trinajstić information content (AvgIpc) is 2.57. The summed E-state index contributed by atoms with van der Waals surface area (Å²) >= 11 is 0. The maximum Gasteiger partial charge on any atom is 0.238 e. The van der Waals surface area contributed by atoms with Crippen molar-refractivity contribution >= 4 is 11.6 Å². The number of benzene rings is 2. The fraction of sp³-hybridized carbons (Fsp3) is 0.350. The van der Waals surface area contributed by atoms with Crippen LogP contribution in [-0.4, -0.2) is 33.2 Å². The number of hydrogen-bond acceptors (Lipinski definition) is 4. The maximum absolute atomic E-state index is 12.0. The van der Waals surface area contributed by atoms with Crippen LogP contribution in [-0.2, 0) is 11.2 Å². The summed E-state index contributed by atoms with van der Waals surface area (Å²) in [7, 11) is 3.24. The van der Waals surface area contributed by atoms with E-state index >= 15 is 0 Å². The lowest BCUT2D eigenvalue weighted by Gasteiger charge is -2.10. The van der Waals surface area contributed by atoms with E-state index in [1.165, 1.54) is 0 Å². The Morgan fingerprint density at radius 3 is 2.28 bits per heavy atom. The van der Waals surface area contributed by atoms with Crippen LogP contribution in [0.3, 0.4) is 0 Å². The van der Waals surface area contributed by atoms with Gasteiger partial charge in [-0.1, -0.05) is 12.1 Å². The molecule has 25 heavy (non-hydrogen) atoms. The Bertz CT molecular complexity index is 709. The van der Waals surface area contributed by atoms with Crippen molar-refractivity contribution in [1.82, 2.24) is 5.32 Å². The van der Waals surface area contributed by atoms with Gasteiger partial charge in [0.25, 0.3) is 0 Å². The van der Waals surface area contributed by atoms with E-state index < -0.39 is 0 Å². The van der Waals surface area contributed by atoms with Crippen molar-refractivity contribution in [2.45, 2.75) is 20.3 Å². The van der Waals surface area contributed by atoms with Crippen molar-refractivity contribution in [2.75, 3.05) is 32.6 Å². The van der Waals surface area contributed by atoms with Gasteiger partial charge in [0.2, 0.25) is 5.91 Å². The predicted molar refractivity (Wildman–Crippen MR) is 101 cm³/mol. The third-order valence-corrected chi connectivity index (χ3v) is 3.83. The van der Waals surface area contributed by atoms with Crippen LogP contribution in [0.4, 0.5) is 5.69 Å². The molecule has 0 unspecified atom stereocenters. The molecule has 0 radical (unpaired) electrons. The number of carbonyl (C=O) groups is 1. The molecular weight excluding hydrogens is 316 g/mol. The number of carbonyl (C=O) groups excluding carboxylic acids is 1. The largest absolute Gasteiger partial charge is 0.493 e. The van der Waals surface area contributed by atoms with Crippen molar-refractivity contribution in [3.63, 3.8) is 0 Å². The van der Waals surface area contributed by atoms with Gasteiger partial charge in [-0.2, -0.15) is 0 Å². The topological polar surface area (TPSA) is 59.6 Å². The lowest BCUT2D eigenvalue weighted by atomic mass is 10.1. The summed E-state index contributed by atoms with van der Waals surface area (Å²) in [6.45, 7) is 5.02. The van der Waals surface area contributed by atoms with Gasteiger partial charge in [0.1, 0.15) is 0 Å². The highest BCUT2D eigenvalue weighted by atomic mass is 16.5. The maximum atomic E-state index is 12.0. The third kappa shape index (κ3) is 5.80. The molecule has 0 aliphatic rings. The Balaban J connectivity index is 1.78. The molecule has 2 rings (SSSR count). The molecule has 134 valence electrons. The molecule has 1 amide bonds. The van der Waals surface area contributed by atoms with E-state index in [4.69, 9.17) is 9.47 Å². The smallest absolute Gasteiger partial charge is 0.238 e. The molecule has 0 aliphatic heterocycles. The lowest BCUT2D eigenvalue weighted by Crippen LogP contribution is -2.29. The summed E-state index contributed by atoms with van der Waals surface area (Å²) in [6.07, 6.45) is 0.803. The minimum Gasteiger partial charge on any atom is -0.493 e. The first kappa shape index (κ1) is 18.8. The number of methoxy groups -OCH3 is 2. The van der Waals surface area contributed by atoms with Crippen LogP contribution >= 0.6 is 0 Å². The van der Waals surface area contributed by atoms with E-state index in [0.29, 0.717) is 18.0 Å². The van der Waals surface area contributed by atoms with E-state index in [1.54, 1.807) is 14.2 Å². The minimum absolute atomic E-state index is 0.0442. The summed E-state index contributed by atoms with van der Waals surface area (Å²) < 4.78 is 10.5. The number of nitrogens with one attached hydrogen (secondary N) is 2. The molecule has 2 N–H and O–H groups in total. The first-order valence-electron chi connectivity index (χ1n) is 8.31. The average molecular weight is 342 g/mol. The van der Waals surface area contributed by atoms with E-state index in [1.807, 2.05) is 44.2 Å².